The summed E-state index contributed by atoms with van der Waals surface area (Å²) in [6.07, 6.45) is -1.12. The second kappa shape index (κ2) is 11.8. The number of carbonyl (C=O) groups is 1. The van der Waals surface area contributed by atoms with E-state index in [0.29, 0.717) is 0 Å². The predicted molar refractivity (Wildman–Crippen MR) is 82.9 cm³/mol. The molecule has 5 N–H and O–H groups in total. The third-order valence-corrected chi connectivity index (χ3v) is 2.64. The SMILES string of the molecule is C=CC=Cc1ccccc1.O=CC(O)C(O)C(O)C(O)CO. The second-order valence-corrected chi connectivity index (χ2v) is 4.36. The number of aliphatic hydroxyl groups excluding tert-OH is 5. The Labute approximate surface area is 129 Å². The van der Waals surface area contributed by atoms with Gasteiger partial charge in [-0.05, 0) is 5.56 Å². The zero-order valence-electron chi connectivity index (χ0n) is 12.1. The number of aldehydes is 1. The molecule has 0 saturated heterocycles. The van der Waals surface area contributed by atoms with Gasteiger partial charge < -0.3 is 30.3 Å². The van der Waals surface area contributed by atoms with Crippen molar-refractivity contribution in [3.8, 4) is 0 Å². The molecule has 6 nitrogen and oxygen atoms in total. The minimum atomic E-state index is -1.79. The summed E-state index contributed by atoms with van der Waals surface area (Å²) in [5, 5.41) is 43.5. The molecule has 0 aliphatic carbocycles. The Morgan fingerprint density at radius 2 is 1.64 bits per heavy atom. The van der Waals surface area contributed by atoms with Crippen LogP contribution in [0.4, 0.5) is 0 Å². The molecular weight excluding hydrogens is 288 g/mol. The molecule has 1 rings (SSSR count). The van der Waals surface area contributed by atoms with Crippen LogP contribution < -0.4 is 0 Å². The van der Waals surface area contributed by atoms with Gasteiger partial charge in [0.25, 0.3) is 0 Å². The third-order valence-electron chi connectivity index (χ3n) is 2.64. The van der Waals surface area contributed by atoms with Crippen LogP contribution in [0.1, 0.15) is 5.56 Å². The summed E-state index contributed by atoms with van der Waals surface area (Å²) in [4.78, 5) is 9.90. The van der Waals surface area contributed by atoms with Crippen molar-refractivity contribution < 1.29 is 30.3 Å². The lowest BCUT2D eigenvalue weighted by Crippen LogP contribution is -2.46. The molecule has 0 radical (unpaired) electrons. The van der Waals surface area contributed by atoms with Crippen LogP contribution in [0.25, 0.3) is 6.08 Å². The van der Waals surface area contributed by atoms with Gasteiger partial charge in [-0.3, -0.25) is 0 Å². The highest BCUT2D eigenvalue weighted by molar-refractivity contribution is 5.56. The molecular formula is C16H22O6. The van der Waals surface area contributed by atoms with Crippen molar-refractivity contribution >= 4 is 12.4 Å². The predicted octanol–water partition coefficient (Wildman–Crippen LogP) is -0.493. The minimum absolute atomic E-state index is 0.0258. The van der Waals surface area contributed by atoms with Gasteiger partial charge in [-0.15, -0.1) is 0 Å². The van der Waals surface area contributed by atoms with Gasteiger partial charge in [0.1, 0.15) is 24.4 Å². The number of benzene rings is 1. The molecule has 0 saturated carbocycles. The normalized spacial score (nSPS) is 16.0. The molecule has 0 aliphatic heterocycles. The van der Waals surface area contributed by atoms with Gasteiger partial charge in [0, 0.05) is 0 Å². The van der Waals surface area contributed by atoms with Crippen LogP contribution in [-0.4, -0.2) is 62.8 Å². The maximum absolute atomic E-state index is 9.90. The molecule has 1 aromatic carbocycles. The lowest BCUT2D eigenvalue weighted by Gasteiger charge is -2.22. The van der Waals surface area contributed by atoms with Crippen LogP contribution in [0.15, 0.2) is 49.1 Å². The Morgan fingerprint density at radius 3 is 2.09 bits per heavy atom. The number of aliphatic hydroxyl groups is 5. The zero-order valence-corrected chi connectivity index (χ0v) is 12.1. The Hall–Kier alpha value is -1.83. The molecule has 4 atom stereocenters. The molecule has 0 spiro atoms. The van der Waals surface area contributed by atoms with Gasteiger partial charge in [-0.2, -0.15) is 0 Å². The molecule has 4 unspecified atom stereocenters. The van der Waals surface area contributed by atoms with Crippen molar-refractivity contribution in [3.63, 3.8) is 0 Å². The molecule has 6 heteroatoms. The van der Waals surface area contributed by atoms with Crippen molar-refractivity contribution in [2.24, 2.45) is 0 Å². The standard InChI is InChI=1S/C10H10.C6H12O6/c1-2-3-7-10-8-5-4-6-9-10;7-1-3(9)5(11)6(12)4(10)2-8/h2-9H,1H2;1,3-6,8-12H,2H2. The van der Waals surface area contributed by atoms with E-state index in [4.69, 9.17) is 25.5 Å². The zero-order chi connectivity index (χ0) is 17.0. The monoisotopic (exact) mass is 310 g/mol. The van der Waals surface area contributed by atoms with Crippen LogP contribution in [0, 0.1) is 0 Å². The molecule has 0 amide bonds. The number of hydrogen-bond donors (Lipinski definition) is 5. The van der Waals surface area contributed by atoms with Crippen molar-refractivity contribution in [2.75, 3.05) is 6.61 Å². The van der Waals surface area contributed by atoms with Gasteiger partial charge in [0.2, 0.25) is 0 Å². The Morgan fingerprint density at radius 1 is 1.05 bits per heavy atom. The van der Waals surface area contributed by atoms with Gasteiger partial charge in [0.15, 0.2) is 6.29 Å². The summed E-state index contributed by atoms with van der Waals surface area (Å²) in [5.41, 5.74) is 1.21. The number of hydrogen-bond acceptors (Lipinski definition) is 6. The number of allylic oxidation sites excluding steroid dienone is 2. The summed E-state index contributed by atoms with van der Waals surface area (Å²) >= 11 is 0. The van der Waals surface area contributed by atoms with Crippen molar-refractivity contribution in [1.29, 1.82) is 0 Å². The second-order valence-electron chi connectivity index (χ2n) is 4.36. The maximum Gasteiger partial charge on any atom is 0.151 e. The van der Waals surface area contributed by atoms with Crippen molar-refractivity contribution in [2.45, 2.75) is 24.4 Å². The number of rotatable bonds is 7. The average Bonchev–Trinajstić information content (AvgIpc) is 2.58. The smallest absolute Gasteiger partial charge is 0.151 e. The van der Waals surface area contributed by atoms with Crippen LogP contribution in [0.3, 0.4) is 0 Å². The molecule has 122 valence electrons. The largest absolute Gasteiger partial charge is 0.394 e. The molecule has 0 heterocycles. The molecule has 0 bridgehead atoms. The van der Waals surface area contributed by atoms with E-state index >= 15 is 0 Å². The Balaban J connectivity index is 0.000000406. The minimum Gasteiger partial charge on any atom is -0.394 e. The van der Waals surface area contributed by atoms with Crippen LogP contribution in [0.2, 0.25) is 0 Å². The summed E-state index contributed by atoms with van der Waals surface area (Å²) in [6.45, 7) is 2.83. The highest BCUT2D eigenvalue weighted by Gasteiger charge is 2.29. The fraction of sp³-hybridized carbons (Fsp3) is 0.312. The van der Waals surface area contributed by atoms with Gasteiger partial charge >= 0.3 is 0 Å². The summed E-state index contributed by atoms with van der Waals surface area (Å²) < 4.78 is 0. The summed E-state index contributed by atoms with van der Waals surface area (Å²) in [5.74, 6) is 0. The fourth-order valence-corrected chi connectivity index (χ4v) is 1.36. The van der Waals surface area contributed by atoms with E-state index in [1.165, 1.54) is 5.56 Å². The topological polar surface area (TPSA) is 118 Å². The first-order chi connectivity index (χ1) is 10.5. The van der Waals surface area contributed by atoms with Gasteiger partial charge in [-0.25, -0.2) is 0 Å². The molecule has 0 fully saturated rings. The first kappa shape index (κ1) is 20.2. The molecule has 0 aromatic heterocycles. The van der Waals surface area contributed by atoms with E-state index in [1.807, 2.05) is 30.4 Å². The Bertz CT molecular complexity index is 445. The first-order valence-corrected chi connectivity index (χ1v) is 6.60. The van der Waals surface area contributed by atoms with E-state index in [0.717, 1.165) is 0 Å². The van der Waals surface area contributed by atoms with E-state index in [2.05, 4.69) is 18.7 Å². The average molecular weight is 310 g/mol. The molecule has 1 aromatic rings. The lowest BCUT2D eigenvalue weighted by molar-refractivity contribution is -0.136. The maximum atomic E-state index is 9.90. The van der Waals surface area contributed by atoms with Gasteiger partial charge in [-0.1, -0.05) is 55.1 Å². The van der Waals surface area contributed by atoms with Crippen molar-refractivity contribution in [1.82, 2.24) is 0 Å². The van der Waals surface area contributed by atoms with E-state index < -0.39 is 31.0 Å². The van der Waals surface area contributed by atoms with Crippen LogP contribution in [-0.2, 0) is 4.79 Å². The van der Waals surface area contributed by atoms with Crippen LogP contribution in [0.5, 0.6) is 0 Å². The highest BCUT2D eigenvalue weighted by Crippen LogP contribution is 2.03. The van der Waals surface area contributed by atoms with Crippen LogP contribution >= 0.6 is 0 Å². The quantitative estimate of drug-likeness (QED) is 0.342. The van der Waals surface area contributed by atoms with E-state index in [9.17, 15) is 4.79 Å². The summed E-state index contributed by atoms with van der Waals surface area (Å²) in [6, 6.07) is 10.1. The number of carbonyl (C=O) groups excluding carboxylic acids is 1. The third kappa shape index (κ3) is 7.82. The first-order valence-electron chi connectivity index (χ1n) is 6.60. The van der Waals surface area contributed by atoms with Crippen molar-refractivity contribution in [3.05, 3.63) is 54.6 Å². The highest BCUT2D eigenvalue weighted by atomic mass is 16.4. The lowest BCUT2D eigenvalue weighted by atomic mass is 10.0. The fourth-order valence-electron chi connectivity index (χ4n) is 1.36. The Kier molecular flexibility index (Phi) is 10.8. The van der Waals surface area contributed by atoms with Gasteiger partial charge in [0.05, 0.1) is 6.61 Å². The molecule has 22 heavy (non-hydrogen) atoms. The van der Waals surface area contributed by atoms with E-state index in [-0.39, 0.29) is 6.29 Å². The molecule has 0 aliphatic rings. The van der Waals surface area contributed by atoms with E-state index in [1.54, 1.807) is 6.08 Å². The summed E-state index contributed by atoms with van der Waals surface area (Å²) in [7, 11) is 0.